The first-order valence-electron chi connectivity index (χ1n) is 9.02. The van der Waals surface area contributed by atoms with Gasteiger partial charge in [-0.15, -0.1) is 0 Å². The zero-order chi connectivity index (χ0) is 17.6. The van der Waals surface area contributed by atoms with E-state index in [-0.39, 0.29) is 5.91 Å². The van der Waals surface area contributed by atoms with Gasteiger partial charge in [0.2, 0.25) is 5.91 Å². The number of amides is 1. The van der Waals surface area contributed by atoms with Crippen LogP contribution in [0.1, 0.15) is 36.3 Å². The highest BCUT2D eigenvalue weighted by Gasteiger charge is 2.14. The number of nitrogens with zero attached hydrogens (tertiary/aromatic N) is 1. The number of benzene rings is 1. The summed E-state index contributed by atoms with van der Waals surface area (Å²) in [6, 6.07) is 9.95. The molecule has 25 heavy (non-hydrogen) atoms. The molecule has 1 saturated heterocycles. The average Bonchev–Trinajstić information content (AvgIpc) is 3.02. The molecule has 0 radical (unpaired) electrons. The van der Waals surface area contributed by atoms with Crippen LogP contribution in [-0.2, 0) is 11.3 Å². The normalized spacial score (nSPS) is 15.1. The Morgan fingerprint density at radius 2 is 1.92 bits per heavy atom. The first-order valence-corrected chi connectivity index (χ1v) is 9.02. The van der Waals surface area contributed by atoms with Crippen LogP contribution in [0.5, 0.6) is 0 Å². The molecule has 1 aliphatic rings. The van der Waals surface area contributed by atoms with Crippen molar-refractivity contribution in [1.82, 2.24) is 4.90 Å². The van der Waals surface area contributed by atoms with Crippen molar-refractivity contribution in [1.29, 1.82) is 0 Å². The molecule has 2 N–H and O–H groups in total. The number of hydrogen-bond donors (Lipinski definition) is 2. The maximum Gasteiger partial charge on any atom is 0.238 e. The molecule has 0 spiro atoms. The number of hydrogen-bond acceptors (Lipinski definition) is 4. The van der Waals surface area contributed by atoms with E-state index in [1.54, 1.807) is 0 Å². The molecule has 5 heteroatoms. The Bertz CT molecular complexity index is 717. The number of rotatable bonds is 6. The minimum Gasteiger partial charge on any atom is -0.465 e. The molecule has 5 nitrogen and oxygen atoms in total. The number of furan rings is 1. The van der Waals surface area contributed by atoms with Crippen LogP contribution in [0.15, 0.2) is 34.7 Å². The van der Waals surface area contributed by atoms with Gasteiger partial charge in [0.15, 0.2) is 0 Å². The lowest BCUT2D eigenvalue weighted by molar-refractivity contribution is -0.117. The van der Waals surface area contributed by atoms with Crippen molar-refractivity contribution < 1.29 is 9.21 Å². The molecule has 134 valence electrons. The standard InChI is InChI=1S/C20H27N3O2/c1-15-6-8-17(21-13-18-9-7-16(2)25-18)12-19(15)22-20(24)14-23-10-4-3-5-11-23/h6-9,12,21H,3-5,10-11,13-14H2,1-2H3,(H,22,24). The minimum atomic E-state index is 0.0591. The van der Waals surface area contributed by atoms with Gasteiger partial charge in [-0.05, 0) is 69.6 Å². The highest BCUT2D eigenvalue weighted by Crippen LogP contribution is 2.21. The molecule has 0 atom stereocenters. The molecule has 0 aliphatic carbocycles. The number of nitrogens with one attached hydrogen (secondary N) is 2. The van der Waals surface area contributed by atoms with E-state index in [1.807, 2.05) is 44.2 Å². The largest absolute Gasteiger partial charge is 0.465 e. The van der Waals surface area contributed by atoms with E-state index in [4.69, 9.17) is 4.42 Å². The first-order chi connectivity index (χ1) is 12.1. The fourth-order valence-corrected chi connectivity index (χ4v) is 3.15. The molecule has 0 saturated carbocycles. The molecule has 1 fully saturated rings. The molecule has 1 amide bonds. The fraction of sp³-hybridized carbons (Fsp3) is 0.450. The zero-order valence-corrected chi connectivity index (χ0v) is 15.1. The monoisotopic (exact) mass is 341 g/mol. The second kappa shape index (κ2) is 8.21. The lowest BCUT2D eigenvalue weighted by Gasteiger charge is -2.25. The van der Waals surface area contributed by atoms with E-state index >= 15 is 0 Å². The fourth-order valence-electron chi connectivity index (χ4n) is 3.15. The second-order valence-corrected chi connectivity index (χ2v) is 6.78. The Hall–Kier alpha value is -2.27. The van der Waals surface area contributed by atoms with E-state index in [1.165, 1.54) is 19.3 Å². The molecule has 2 aromatic rings. The molecule has 1 aromatic carbocycles. The van der Waals surface area contributed by atoms with Crippen LogP contribution in [0.4, 0.5) is 11.4 Å². The highest BCUT2D eigenvalue weighted by atomic mass is 16.3. The third-order valence-corrected chi connectivity index (χ3v) is 4.59. The van der Waals surface area contributed by atoms with Crippen molar-refractivity contribution in [3.8, 4) is 0 Å². The number of likely N-dealkylation sites (tertiary alicyclic amines) is 1. The predicted molar refractivity (Wildman–Crippen MR) is 101 cm³/mol. The Kier molecular flexibility index (Phi) is 5.76. The van der Waals surface area contributed by atoms with Crippen LogP contribution in [0, 0.1) is 13.8 Å². The van der Waals surface area contributed by atoms with Crippen LogP contribution in [0.2, 0.25) is 0 Å². The van der Waals surface area contributed by atoms with Crippen molar-refractivity contribution in [3.63, 3.8) is 0 Å². The third kappa shape index (κ3) is 5.10. The molecule has 1 aromatic heterocycles. The Morgan fingerprint density at radius 3 is 2.64 bits per heavy atom. The maximum absolute atomic E-state index is 12.3. The Balaban J connectivity index is 1.57. The minimum absolute atomic E-state index is 0.0591. The van der Waals surface area contributed by atoms with Gasteiger partial charge in [-0.3, -0.25) is 9.69 Å². The number of piperidine rings is 1. The van der Waals surface area contributed by atoms with Crippen LogP contribution < -0.4 is 10.6 Å². The molecule has 3 rings (SSSR count). The van der Waals surface area contributed by atoms with Crippen molar-refractivity contribution in [2.24, 2.45) is 0 Å². The van der Waals surface area contributed by atoms with Crippen LogP contribution in [0.3, 0.4) is 0 Å². The van der Waals surface area contributed by atoms with Crippen molar-refractivity contribution in [2.45, 2.75) is 39.7 Å². The lowest BCUT2D eigenvalue weighted by atomic mass is 10.1. The third-order valence-electron chi connectivity index (χ3n) is 4.59. The lowest BCUT2D eigenvalue weighted by Crippen LogP contribution is -2.36. The summed E-state index contributed by atoms with van der Waals surface area (Å²) in [7, 11) is 0. The molecular formula is C20H27N3O2. The average molecular weight is 341 g/mol. The maximum atomic E-state index is 12.3. The molecular weight excluding hydrogens is 314 g/mol. The first kappa shape index (κ1) is 17.5. The smallest absolute Gasteiger partial charge is 0.238 e. The van der Waals surface area contributed by atoms with Gasteiger partial charge in [0.05, 0.1) is 13.1 Å². The molecule has 1 aliphatic heterocycles. The number of carbonyl (C=O) groups excluding carboxylic acids is 1. The van der Waals surface area contributed by atoms with Crippen molar-refractivity contribution in [3.05, 3.63) is 47.4 Å². The van der Waals surface area contributed by atoms with E-state index in [9.17, 15) is 4.79 Å². The quantitative estimate of drug-likeness (QED) is 0.836. The van der Waals surface area contributed by atoms with Crippen molar-refractivity contribution >= 4 is 17.3 Å². The summed E-state index contributed by atoms with van der Waals surface area (Å²) in [5, 5.41) is 6.40. The Morgan fingerprint density at radius 1 is 1.12 bits per heavy atom. The SMILES string of the molecule is Cc1ccc(CNc2ccc(C)c(NC(=O)CN3CCCCC3)c2)o1. The van der Waals surface area contributed by atoms with Gasteiger partial charge in [-0.1, -0.05) is 12.5 Å². The summed E-state index contributed by atoms with van der Waals surface area (Å²) in [6.45, 7) is 7.09. The molecule has 0 unspecified atom stereocenters. The number of carbonyl (C=O) groups is 1. The van der Waals surface area contributed by atoms with E-state index < -0.39 is 0 Å². The van der Waals surface area contributed by atoms with Gasteiger partial charge in [-0.2, -0.15) is 0 Å². The van der Waals surface area contributed by atoms with Gasteiger partial charge >= 0.3 is 0 Å². The topological polar surface area (TPSA) is 57.5 Å². The molecule has 2 heterocycles. The van der Waals surface area contributed by atoms with Crippen LogP contribution >= 0.6 is 0 Å². The number of anilines is 2. The zero-order valence-electron chi connectivity index (χ0n) is 15.1. The van der Waals surface area contributed by atoms with Gasteiger partial charge < -0.3 is 15.1 Å². The van der Waals surface area contributed by atoms with E-state index in [2.05, 4.69) is 15.5 Å². The summed E-state index contributed by atoms with van der Waals surface area (Å²) in [5.74, 6) is 1.86. The summed E-state index contributed by atoms with van der Waals surface area (Å²) >= 11 is 0. The summed E-state index contributed by atoms with van der Waals surface area (Å²) in [6.07, 6.45) is 3.66. The summed E-state index contributed by atoms with van der Waals surface area (Å²) < 4.78 is 5.57. The van der Waals surface area contributed by atoms with Crippen LogP contribution in [-0.4, -0.2) is 30.4 Å². The molecule has 0 bridgehead atoms. The van der Waals surface area contributed by atoms with E-state index in [0.29, 0.717) is 13.1 Å². The summed E-state index contributed by atoms with van der Waals surface area (Å²) in [4.78, 5) is 14.6. The highest BCUT2D eigenvalue weighted by molar-refractivity contribution is 5.93. The second-order valence-electron chi connectivity index (χ2n) is 6.78. The van der Waals surface area contributed by atoms with Gasteiger partial charge in [0, 0.05) is 11.4 Å². The van der Waals surface area contributed by atoms with Crippen LogP contribution in [0.25, 0.3) is 0 Å². The van der Waals surface area contributed by atoms with Gasteiger partial charge in [0.25, 0.3) is 0 Å². The number of aryl methyl sites for hydroxylation is 2. The van der Waals surface area contributed by atoms with Gasteiger partial charge in [-0.25, -0.2) is 0 Å². The predicted octanol–water partition coefficient (Wildman–Crippen LogP) is 3.93. The van der Waals surface area contributed by atoms with Gasteiger partial charge in [0.1, 0.15) is 11.5 Å². The summed E-state index contributed by atoms with van der Waals surface area (Å²) in [5.41, 5.74) is 2.89. The van der Waals surface area contributed by atoms with Crippen molar-refractivity contribution in [2.75, 3.05) is 30.3 Å². The van der Waals surface area contributed by atoms with E-state index in [0.717, 1.165) is 41.5 Å². The Labute approximate surface area is 149 Å².